The monoisotopic (exact) mass is 274 g/mol. The molecule has 0 spiro atoms. The molecule has 106 valence electrons. The van der Waals surface area contributed by atoms with Crippen LogP contribution in [0.4, 0.5) is 0 Å². The zero-order valence-electron chi connectivity index (χ0n) is 12.1. The molecule has 0 aliphatic heterocycles. The van der Waals surface area contributed by atoms with E-state index >= 15 is 0 Å². The molecule has 5 heteroatoms. The molecule has 0 unspecified atom stereocenters. The maximum atomic E-state index is 12.2. The van der Waals surface area contributed by atoms with Crippen LogP contribution in [-0.2, 0) is 4.79 Å². The van der Waals surface area contributed by atoms with Crippen molar-refractivity contribution in [1.29, 1.82) is 0 Å². The number of rotatable bonds is 2. The number of methoxy groups -OCH3 is 1. The normalized spacial score (nSPS) is 10.3. The molecule has 0 aliphatic carbocycles. The first-order valence-corrected chi connectivity index (χ1v) is 6.06. The summed E-state index contributed by atoms with van der Waals surface area (Å²) in [6, 6.07) is 6.74. The van der Waals surface area contributed by atoms with Gasteiger partial charge in [0.25, 0.3) is 5.91 Å². The van der Waals surface area contributed by atoms with Crippen molar-refractivity contribution in [3.63, 3.8) is 0 Å². The SMILES string of the molecule is C#CC(=O)N(NC(=O)c1ccccc1OC)C(C)(C)C. The van der Waals surface area contributed by atoms with Gasteiger partial charge in [0.1, 0.15) is 5.75 Å². The second kappa shape index (κ2) is 6.11. The summed E-state index contributed by atoms with van der Waals surface area (Å²) in [4.78, 5) is 24.0. The Morgan fingerprint density at radius 3 is 2.40 bits per heavy atom. The van der Waals surface area contributed by atoms with Crippen LogP contribution in [0.5, 0.6) is 5.75 Å². The van der Waals surface area contributed by atoms with E-state index in [9.17, 15) is 9.59 Å². The van der Waals surface area contributed by atoms with Gasteiger partial charge in [-0.1, -0.05) is 12.1 Å². The molecule has 1 rings (SSSR count). The largest absolute Gasteiger partial charge is 0.496 e. The number of carbonyl (C=O) groups is 2. The lowest BCUT2D eigenvalue weighted by Gasteiger charge is -2.33. The number of benzene rings is 1. The van der Waals surface area contributed by atoms with Crippen LogP contribution in [-0.4, -0.2) is 29.5 Å². The first-order chi connectivity index (χ1) is 9.31. The molecule has 0 fully saturated rings. The average Bonchev–Trinajstić information content (AvgIpc) is 2.42. The minimum atomic E-state index is -0.638. The van der Waals surface area contributed by atoms with Gasteiger partial charge in [0.15, 0.2) is 0 Å². The van der Waals surface area contributed by atoms with Gasteiger partial charge in [-0.2, -0.15) is 0 Å². The third-order valence-electron chi connectivity index (χ3n) is 2.56. The van der Waals surface area contributed by atoms with Crippen LogP contribution in [0.2, 0.25) is 0 Å². The highest BCUT2D eigenvalue weighted by molar-refractivity contribution is 6.00. The van der Waals surface area contributed by atoms with Gasteiger partial charge >= 0.3 is 5.91 Å². The molecule has 0 radical (unpaired) electrons. The molecule has 0 bridgehead atoms. The second-order valence-electron chi connectivity index (χ2n) is 5.10. The fraction of sp³-hybridized carbons (Fsp3) is 0.333. The predicted molar refractivity (Wildman–Crippen MR) is 75.9 cm³/mol. The molecule has 0 heterocycles. The van der Waals surface area contributed by atoms with Crippen molar-refractivity contribution in [2.45, 2.75) is 26.3 Å². The van der Waals surface area contributed by atoms with E-state index in [1.54, 1.807) is 45.0 Å². The van der Waals surface area contributed by atoms with E-state index in [4.69, 9.17) is 11.2 Å². The maximum Gasteiger partial charge on any atom is 0.317 e. The van der Waals surface area contributed by atoms with Crippen LogP contribution in [0.1, 0.15) is 31.1 Å². The Balaban J connectivity index is 3.04. The first kappa shape index (κ1) is 15.6. The topological polar surface area (TPSA) is 58.6 Å². The Labute approximate surface area is 118 Å². The number of carbonyl (C=O) groups excluding carboxylic acids is 2. The lowest BCUT2D eigenvalue weighted by atomic mass is 10.1. The van der Waals surface area contributed by atoms with E-state index in [1.165, 1.54) is 7.11 Å². The van der Waals surface area contributed by atoms with Gasteiger partial charge in [-0.25, -0.2) is 5.01 Å². The minimum absolute atomic E-state index is 0.328. The number of nitrogens with one attached hydrogen (secondary N) is 1. The van der Waals surface area contributed by atoms with Crippen molar-refractivity contribution in [2.75, 3.05) is 7.11 Å². The van der Waals surface area contributed by atoms with Gasteiger partial charge in [-0.05, 0) is 38.8 Å². The van der Waals surface area contributed by atoms with Crippen molar-refractivity contribution < 1.29 is 14.3 Å². The Kier molecular flexibility index (Phi) is 4.76. The number of terminal acetylenes is 1. The van der Waals surface area contributed by atoms with Gasteiger partial charge in [0.05, 0.1) is 18.2 Å². The highest BCUT2D eigenvalue weighted by Gasteiger charge is 2.28. The standard InChI is InChI=1S/C15H18N2O3/c1-6-13(18)17(15(2,3)4)16-14(19)11-9-7-8-10-12(11)20-5/h1,7-10H,2-5H3,(H,16,19). The summed E-state index contributed by atoms with van der Waals surface area (Å²) in [5.74, 6) is 1.35. The molecular formula is C15H18N2O3. The third-order valence-corrected chi connectivity index (χ3v) is 2.56. The first-order valence-electron chi connectivity index (χ1n) is 6.06. The minimum Gasteiger partial charge on any atom is -0.496 e. The Morgan fingerprint density at radius 2 is 1.90 bits per heavy atom. The Hall–Kier alpha value is -2.48. The zero-order chi connectivity index (χ0) is 15.3. The van der Waals surface area contributed by atoms with Crippen LogP contribution < -0.4 is 10.2 Å². The number of hydrazine groups is 1. The van der Waals surface area contributed by atoms with Crippen molar-refractivity contribution in [1.82, 2.24) is 10.4 Å². The van der Waals surface area contributed by atoms with Gasteiger partial charge in [-0.15, -0.1) is 6.42 Å². The second-order valence-corrected chi connectivity index (χ2v) is 5.10. The Morgan fingerprint density at radius 1 is 1.30 bits per heavy atom. The van der Waals surface area contributed by atoms with Crippen LogP contribution >= 0.6 is 0 Å². The highest BCUT2D eigenvalue weighted by Crippen LogP contribution is 2.18. The number of hydrogen-bond donors (Lipinski definition) is 1. The smallest absolute Gasteiger partial charge is 0.317 e. The summed E-state index contributed by atoms with van der Waals surface area (Å²) in [5.41, 5.74) is 2.21. The van der Waals surface area contributed by atoms with Crippen molar-refractivity contribution in [3.05, 3.63) is 29.8 Å². The molecule has 5 nitrogen and oxygen atoms in total. The molecule has 2 amide bonds. The average molecular weight is 274 g/mol. The summed E-state index contributed by atoms with van der Waals surface area (Å²) in [7, 11) is 1.47. The van der Waals surface area contributed by atoms with Crippen molar-refractivity contribution in [3.8, 4) is 18.1 Å². The molecule has 1 aromatic rings. The summed E-state index contributed by atoms with van der Waals surface area (Å²) in [6.07, 6.45) is 5.12. The molecule has 20 heavy (non-hydrogen) atoms. The summed E-state index contributed by atoms with van der Waals surface area (Å²) >= 11 is 0. The number of para-hydroxylation sites is 1. The van der Waals surface area contributed by atoms with Crippen LogP contribution in [0.25, 0.3) is 0 Å². The highest BCUT2D eigenvalue weighted by atomic mass is 16.5. The number of ether oxygens (including phenoxy) is 1. The molecule has 1 aromatic carbocycles. The number of hydrogen-bond acceptors (Lipinski definition) is 3. The van der Waals surface area contributed by atoms with Gasteiger partial charge < -0.3 is 4.74 Å². The summed E-state index contributed by atoms with van der Waals surface area (Å²) in [6.45, 7) is 5.31. The van der Waals surface area contributed by atoms with E-state index in [2.05, 4.69) is 5.43 Å². The maximum absolute atomic E-state index is 12.2. The van der Waals surface area contributed by atoms with E-state index in [0.717, 1.165) is 5.01 Å². The predicted octanol–water partition coefficient (Wildman–Crippen LogP) is 1.60. The van der Waals surface area contributed by atoms with Crippen molar-refractivity contribution >= 4 is 11.8 Å². The molecular weight excluding hydrogens is 256 g/mol. The molecule has 0 saturated heterocycles. The van der Waals surface area contributed by atoms with Crippen LogP contribution in [0, 0.1) is 12.3 Å². The Bertz CT molecular complexity index is 553. The lowest BCUT2D eigenvalue weighted by Crippen LogP contribution is -2.55. The number of amides is 2. The molecule has 1 N–H and O–H groups in total. The zero-order valence-corrected chi connectivity index (χ0v) is 12.1. The van der Waals surface area contributed by atoms with Crippen molar-refractivity contribution in [2.24, 2.45) is 0 Å². The fourth-order valence-electron chi connectivity index (χ4n) is 1.58. The van der Waals surface area contributed by atoms with Gasteiger partial charge in [-0.3, -0.25) is 15.0 Å². The van der Waals surface area contributed by atoms with E-state index < -0.39 is 17.4 Å². The summed E-state index contributed by atoms with van der Waals surface area (Å²) in [5, 5.41) is 1.13. The van der Waals surface area contributed by atoms with Crippen LogP contribution in [0.15, 0.2) is 24.3 Å². The molecule has 0 aliphatic rings. The van der Waals surface area contributed by atoms with Crippen LogP contribution in [0.3, 0.4) is 0 Å². The summed E-state index contributed by atoms with van der Waals surface area (Å²) < 4.78 is 5.12. The number of nitrogens with zero attached hydrogens (tertiary/aromatic N) is 1. The third kappa shape index (κ3) is 3.51. The van der Waals surface area contributed by atoms with Gasteiger partial charge in [0, 0.05) is 0 Å². The lowest BCUT2D eigenvalue weighted by molar-refractivity contribution is -0.132. The van der Waals surface area contributed by atoms with E-state index in [0.29, 0.717) is 11.3 Å². The van der Waals surface area contributed by atoms with Gasteiger partial charge in [0.2, 0.25) is 0 Å². The molecule has 0 atom stereocenters. The molecule has 0 saturated carbocycles. The fourth-order valence-corrected chi connectivity index (χ4v) is 1.58. The quantitative estimate of drug-likeness (QED) is 0.658. The molecule has 0 aromatic heterocycles. The van der Waals surface area contributed by atoms with E-state index in [1.807, 2.05) is 5.92 Å². The van der Waals surface area contributed by atoms with E-state index in [-0.39, 0.29) is 0 Å².